The van der Waals surface area contributed by atoms with Crippen LogP contribution in [-0.2, 0) is 4.84 Å². The fourth-order valence-electron chi connectivity index (χ4n) is 0.923. The summed E-state index contributed by atoms with van der Waals surface area (Å²) in [6.07, 6.45) is 1.72. The van der Waals surface area contributed by atoms with Crippen LogP contribution in [0.4, 0.5) is 0 Å². The molecule has 0 aliphatic rings. The molecule has 1 rings (SSSR count). The fraction of sp³-hybridized carbons (Fsp3) is 0.300. The molecule has 0 amide bonds. The highest BCUT2D eigenvalue weighted by Gasteiger charge is 1.87. The van der Waals surface area contributed by atoms with E-state index < -0.39 is 0 Å². The molecule has 0 heterocycles. The maximum atomic E-state index is 4.85. The van der Waals surface area contributed by atoms with Crippen LogP contribution in [0.15, 0.2) is 29.4 Å². The van der Waals surface area contributed by atoms with Gasteiger partial charge in [-0.1, -0.05) is 35.0 Å². The van der Waals surface area contributed by atoms with E-state index in [9.17, 15) is 0 Å². The lowest BCUT2D eigenvalue weighted by atomic mass is 10.2. The van der Waals surface area contributed by atoms with E-state index in [-0.39, 0.29) is 0 Å². The van der Waals surface area contributed by atoms with Gasteiger partial charge >= 0.3 is 0 Å². The van der Waals surface area contributed by atoms with Gasteiger partial charge in [0, 0.05) is 0 Å². The Kier molecular flexibility index (Phi) is 3.33. The predicted octanol–water partition coefficient (Wildman–Crippen LogP) is 2.37. The highest BCUT2D eigenvalue weighted by Crippen LogP contribution is 2.00. The minimum Gasteiger partial charge on any atom is -0.396 e. The summed E-state index contributed by atoms with van der Waals surface area (Å²) in [6.45, 7) is 4.58. The van der Waals surface area contributed by atoms with Crippen LogP contribution in [0.3, 0.4) is 0 Å². The Bertz CT molecular complexity index is 268. The zero-order valence-corrected chi connectivity index (χ0v) is 7.45. The average Bonchev–Trinajstić information content (AvgIpc) is 2.05. The third kappa shape index (κ3) is 2.74. The van der Waals surface area contributed by atoms with E-state index in [0.29, 0.717) is 6.61 Å². The number of benzene rings is 1. The van der Waals surface area contributed by atoms with Crippen molar-refractivity contribution in [2.45, 2.75) is 13.8 Å². The number of hydrogen-bond donors (Lipinski definition) is 0. The van der Waals surface area contributed by atoms with Gasteiger partial charge in [0.2, 0.25) is 0 Å². The van der Waals surface area contributed by atoms with E-state index in [1.807, 2.05) is 19.1 Å². The van der Waals surface area contributed by atoms with Crippen molar-refractivity contribution in [2.75, 3.05) is 6.61 Å². The van der Waals surface area contributed by atoms with E-state index in [1.54, 1.807) is 6.21 Å². The first-order chi connectivity index (χ1) is 5.83. The summed E-state index contributed by atoms with van der Waals surface area (Å²) in [4.78, 5) is 4.85. The molecule has 2 heteroatoms. The van der Waals surface area contributed by atoms with Crippen LogP contribution in [-0.4, -0.2) is 12.8 Å². The Morgan fingerprint density at radius 1 is 1.50 bits per heavy atom. The standard InChI is InChI=1S/C10H13NO/c1-3-12-11-8-10-6-4-5-9(2)7-10/h4-8H,3H2,1-2H3/b11-8+. The second kappa shape index (κ2) is 4.54. The molecule has 0 radical (unpaired) electrons. The van der Waals surface area contributed by atoms with Gasteiger partial charge in [0.15, 0.2) is 0 Å². The van der Waals surface area contributed by atoms with Gasteiger partial charge in [-0.05, 0) is 19.4 Å². The van der Waals surface area contributed by atoms with Gasteiger partial charge in [0.1, 0.15) is 6.61 Å². The van der Waals surface area contributed by atoms with Crippen molar-refractivity contribution in [3.63, 3.8) is 0 Å². The Balaban J connectivity index is 2.63. The quantitative estimate of drug-likeness (QED) is 0.495. The van der Waals surface area contributed by atoms with Crippen molar-refractivity contribution in [3.8, 4) is 0 Å². The number of hydrogen-bond acceptors (Lipinski definition) is 2. The van der Waals surface area contributed by atoms with E-state index in [0.717, 1.165) is 5.56 Å². The second-order valence-electron chi connectivity index (χ2n) is 2.57. The molecule has 0 bridgehead atoms. The minimum absolute atomic E-state index is 0.613. The molecule has 1 aromatic rings. The predicted molar refractivity (Wildman–Crippen MR) is 50.4 cm³/mol. The van der Waals surface area contributed by atoms with Crippen molar-refractivity contribution in [1.29, 1.82) is 0 Å². The van der Waals surface area contributed by atoms with Crippen molar-refractivity contribution < 1.29 is 4.84 Å². The lowest BCUT2D eigenvalue weighted by Crippen LogP contribution is -1.84. The van der Waals surface area contributed by atoms with Crippen molar-refractivity contribution in [2.24, 2.45) is 5.16 Å². The first kappa shape index (κ1) is 8.78. The van der Waals surface area contributed by atoms with Crippen LogP contribution in [0, 0.1) is 6.92 Å². The van der Waals surface area contributed by atoms with Crippen molar-refractivity contribution in [1.82, 2.24) is 0 Å². The van der Waals surface area contributed by atoms with Crippen LogP contribution < -0.4 is 0 Å². The summed E-state index contributed by atoms with van der Waals surface area (Å²) in [5, 5.41) is 3.78. The summed E-state index contributed by atoms with van der Waals surface area (Å²) in [6, 6.07) is 8.11. The second-order valence-corrected chi connectivity index (χ2v) is 2.57. The molecule has 0 atom stereocenters. The third-order valence-corrected chi connectivity index (χ3v) is 1.45. The van der Waals surface area contributed by atoms with E-state index in [2.05, 4.69) is 24.2 Å². The van der Waals surface area contributed by atoms with Crippen LogP contribution >= 0.6 is 0 Å². The summed E-state index contributed by atoms with van der Waals surface area (Å²) in [7, 11) is 0. The van der Waals surface area contributed by atoms with E-state index in [1.165, 1.54) is 5.56 Å². The fourth-order valence-corrected chi connectivity index (χ4v) is 0.923. The van der Waals surface area contributed by atoms with Gasteiger partial charge < -0.3 is 4.84 Å². The lowest BCUT2D eigenvalue weighted by Gasteiger charge is -1.94. The van der Waals surface area contributed by atoms with Crippen LogP contribution in [0.2, 0.25) is 0 Å². The first-order valence-corrected chi connectivity index (χ1v) is 4.05. The molecule has 64 valence electrons. The van der Waals surface area contributed by atoms with Crippen LogP contribution in [0.25, 0.3) is 0 Å². The molecule has 0 N–H and O–H groups in total. The summed E-state index contributed by atoms with van der Waals surface area (Å²) in [5.74, 6) is 0. The SMILES string of the molecule is CCO/N=C/c1cccc(C)c1. The van der Waals surface area contributed by atoms with Gasteiger partial charge in [0.25, 0.3) is 0 Å². The molecule has 0 aromatic heterocycles. The van der Waals surface area contributed by atoms with Crippen molar-refractivity contribution >= 4 is 6.21 Å². The zero-order chi connectivity index (χ0) is 8.81. The molecule has 0 spiro atoms. The largest absolute Gasteiger partial charge is 0.396 e. The maximum Gasteiger partial charge on any atom is 0.114 e. The molecule has 0 aliphatic carbocycles. The molecule has 0 aliphatic heterocycles. The Hall–Kier alpha value is -1.31. The Morgan fingerprint density at radius 2 is 2.33 bits per heavy atom. The summed E-state index contributed by atoms with van der Waals surface area (Å²) >= 11 is 0. The first-order valence-electron chi connectivity index (χ1n) is 4.05. The molecule has 0 fully saturated rings. The van der Waals surface area contributed by atoms with Crippen LogP contribution in [0.1, 0.15) is 18.1 Å². The third-order valence-electron chi connectivity index (χ3n) is 1.45. The monoisotopic (exact) mass is 163 g/mol. The van der Waals surface area contributed by atoms with E-state index in [4.69, 9.17) is 4.84 Å². The molecule has 12 heavy (non-hydrogen) atoms. The van der Waals surface area contributed by atoms with Crippen LogP contribution in [0.5, 0.6) is 0 Å². The average molecular weight is 163 g/mol. The molecular formula is C10H13NO. The Morgan fingerprint density at radius 3 is 3.00 bits per heavy atom. The van der Waals surface area contributed by atoms with E-state index >= 15 is 0 Å². The highest BCUT2D eigenvalue weighted by atomic mass is 16.6. The lowest BCUT2D eigenvalue weighted by molar-refractivity contribution is 0.160. The van der Waals surface area contributed by atoms with Crippen molar-refractivity contribution in [3.05, 3.63) is 35.4 Å². The molecule has 0 unspecified atom stereocenters. The number of rotatable bonds is 3. The molecular weight excluding hydrogens is 150 g/mol. The zero-order valence-electron chi connectivity index (χ0n) is 7.45. The van der Waals surface area contributed by atoms with Gasteiger partial charge in [0.05, 0.1) is 6.21 Å². The minimum atomic E-state index is 0.613. The molecule has 0 saturated heterocycles. The number of aryl methyl sites for hydroxylation is 1. The van der Waals surface area contributed by atoms with Gasteiger partial charge in [-0.15, -0.1) is 0 Å². The smallest absolute Gasteiger partial charge is 0.114 e. The molecule has 0 saturated carbocycles. The number of oxime groups is 1. The highest BCUT2D eigenvalue weighted by molar-refractivity contribution is 5.79. The normalized spacial score (nSPS) is 10.5. The molecule has 1 aromatic carbocycles. The molecule has 2 nitrogen and oxygen atoms in total. The summed E-state index contributed by atoms with van der Waals surface area (Å²) < 4.78 is 0. The van der Waals surface area contributed by atoms with Gasteiger partial charge in [-0.3, -0.25) is 0 Å². The number of nitrogens with zero attached hydrogens (tertiary/aromatic N) is 1. The van der Waals surface area contributed by atoms with Gasteiger partial charge in [-0.2, -0.15) is 0 Å². The Labute approximate surface area is 72.9 Å². The summed E-state index contributed by atoms with van der Waals surface area (Å²) in [5.41, 5.74) is 2.30. The maximum absolute atomic E-state index is 4.85. The topological polar surface area (TPSA) is 21.6 Å². The van der Waals surface area contributed by atoms with Gasteiger partial charge in [-0.25, -0.2) is 0 Å².